The Balaban J connectivity index is 1.31. The fourth-order valence-corrected chi connectivity index (χ4v) is 4.68. The topological polar surface area (TPSA) is 120 Å². The molecule has 1 aliphatic rings. The van der Waals surface area contributed by atoms with Crippen molar-refractivity contribution in [3.63, 3.8) is 0 Å². The van der Waals surface area contributed by atoms with Gasteiger partial charge in [-0.3, -0.25) is 9.48 Å². The molecule has 0 unspecified atom stereocenters. The minimum absolute atomic E-state index is 0.230. The van der Waals surface area contributed by atoms with E-state index in [-0.39, 0.29) is 19.1 Å². The molecule has 1 amide bonds. The van der Waals surface area contributed by atoms with Crippen molar-refractivity contribution >= 4 is 28.3 Å². The number of hydrogen-bond acceptors (Lipinski definition) is 8. The van der Waals surface area contributed by atoms with E-state index < -0.39 is 0 Å². The maximum atomic E-state index is 13.2. The number of rotatable bonds is 9. The van der Waals surface area contributed by atoms with Crippen molar-refractivity contribution in [2.45, 2.75) is 32.5 Å². The maximum Gasteiger partial charge on any atom is 0.255 e. The Bertz CT molecular complexity index is 1400. The van der Waals surface area contributed by atoms with E-state index in [0.717, 1.165) is 40.8 Å². The molecule has 3 N–H and O–H groups in total. The Kier molecular flexibility index (Phi) is 7.18. The number of methoxy groups -OCH3 is 2. The number of pyridine rings is 2. The van der Waals surface area contributed by atoms with Crippen LogP contribution in [0.15, 0.2) is 48.9 Å². The van der Waals surface area contributed by atoms with Crippen molar-refractivity contribution in [3.8, 4) is 5.75 Å². The molecule has 5 rings (SSSR count). The van der Waals surface area contributed by atoms with Gasteiger partial charge >= 0.3 is 0 Å². The Morgan fingerprint density at radius 3 is 2.70 bits per heavy atom. The molecule has 192 valence electrons. The average molecular weight is 502 g/mol. The number of nitrogens with two attached hydrogens (primary N) is 1. The standard InChI is InChI=1S/C27H31N7O3/c1-36-17-23-22(16-34(32-23)15-18-5-6-25(30-13-18)33-9-3-4-10-33)27(35)31-14-20-11-19-7-8-29-26(28)21(19)12-24(20)37-2/h5-8,11-13,16H,3-4,9-10,14-15,17H2,1-2H3,(H2,28,29)(H,31,35). The Hall–Kier alpha value is -4.18. The third kappa shape index (κ3) is 5.34. The van der Waals surface area contributed by atoms with Crippen LogP contribution in [0, 0.1) is 0 Å². The van der Waals surface area contributed by atoms with Crippen LogP contribution in [0.4, 0.5) is 11.6 Å². The Morgan fingerprint density at radius 2 is 1.97 bits per heavy atom. The van der Waals surface area contributed by atoms with E-state index in [0.29, 0.717) is 29.4 Å². The summed E-state index contributed by atoms with van der Waals surface area (Å²) in [7, 11) is 3.18. The Labute approximate surface area is 215 Å². The number of nitrogens with zero attached hydrogens (tertiary/aromatic N) is 5. The maximum absolute atomic E-state index is 13.2. The molecule has 1 fully saturated rings. The molecule has 0 saturated carbocycles. The number of amides is 1. The first-order chi connectivity index (χ1) is 18.1. The second kappa shape index (κ2) is 10.8. The van der Waals surface area contributed by atoms with Gasteiger partial charge in [-0.2, -0.15) is 5.10 Å². The number of anilines is 2. The number of ether oxygens (including phenoxy) is 2. The van der Waals surface area contributed by atoms with E-state index in [9.17, 15) is 4.79 Å². The molecule has 1 aromatic carbocycles. The molecule has 10 nitrogen and oxygen atoms in total. The molecule has 4 aromatic rings. The molecule has 1 aliphatic heterocycles. The van der Waals surface area contributed by atoms with Gasteiger partial charge in [-0.1, -0.05) is 6.07 Å². The largest absolute Gasteiger partial charge is 0.496 e. The second-order valence-corrected chi connectivity index (χ2v) is 9.10. The lowest BCUT2D eigenvalue weighted by Gasteiger charge is -2.16. The third-order valence-corrected chi connectivity index (χ3v) is 6.58. The third-order valence-electron chi connectivity index (χ3n) is 6.58. The van der Waals surface area contributed by atoms with Crippen LogP contribution in [0.3, 0.4) is 0 Å². The average Bonchev–Trinajstić information content (AvgIpc) is 3.58. The van der Waals surface area contributed by atoms with E-state index in [2.05, 4.69) is 37.4 Å². The zero-order valence-electron chi connectivity index (χ0n) is 21.1. The van der Waals surface area contributed by atoms with Gasteiger partial charge in [-0.25, -0.2) is 9.97 Å². The summed E-state index contributed by atoms with van der Waals surface area (Å²) in [5, 5.41) is 9.33. The molecular formula is C27H31N7O3. The lowest BCUT2D eigenvalue weighted by atomic mass is 10.1. The highest BCUT2D eigenvalue weighted by Gasteiger charge is 2.18. The normalized spacial score (nSPS) is 13.3. The van der Waals surface area contributed by atoms with Crippen LogP contribution in [-0.2, 0) is 24.4 Å². The number of hydrogen-bond donors (Lipinski definition) is 2. The van der Waals surface area contributed by atoms with Crippen LogP contribution in [0.25, 0.3) is 10.8 Å². The van der Waals surface area contributed by atoms with Gasteiger partial charge in [0.15, 0.2) is 0 Å². The first-order valence-corrected chi connectivity index (χ1v) is 12.3. The molecule has 10 heteroatoms. The molecule has 3 aromatic heterocycles. The summed E-state index contributed by atoms with van der Waals surface area (Å²) in [4.78, 5) is 24.2. The van der Waals surface area contributed by atoms with Gasteiger partial charge in [0, 0.05) is 56.3 Å². The van der Waals surface area contributed by atoms with Crippen molar-refractivity contribution in [2.75, 3.05) is 37.9 Å². The summed E-state index contributed by atoms with van der Waals surface area (Å²) in [5.41, 5.74) is 8.89. The van der Waals surface area contributed by atoms with Crippen molar-refractivity contribution in [3.05, 3.63) is 71.3 Å². The molecular weight excluding hydrogens is 470 g/mol. The minimum Gasteiger partial charge on any atom is -0.496 e. The summed E-state index contributed by atoms with van der Waals surface area (Å²) in [6.45, 7) is 3.12. The fraction of sp³-hybridized carbons (Fsp3) is 0.333. The molecule has 0 radical (unpaired) electrons. The highest BCUT2D eigenvalue weighted by molar-refractivity contribution is 5.95. The smallest absolute Gasteiger partial charge is 0.255 e. The number of carbonyl (C=O) groups is 1. The first kappa shape index (κ1) is 24.5. The monoisotopic (exact) mass is 501 g/mol. The van der Waals surface area contributed by atoms with Crippen LogP contribution >= 0.6 is 0 Å². The number of nitrogen functional groups attached to an aromatic ring is 1. The quantitative estimate of drug-likeness (QED) is 0.359. The molecule has 0 atom stereocenters. The lowest BCUT2D eigenvalue weighted by molar-refractivity contribution is 0.0945. The summed E-state index contributed by atoms with van der Waals surface area (Å²) in [6.07, 6.45) is 7.71. The van der Waals surface area contributed by atoms with Crippen LogP contribution in [-0.4, -0.2) is 53.0 Å². The van der Waals surface area contributed by atoms with Crippen molar-refractivity contribution in [2.24, 2.45) is 0 Å². The predicted octanol–water partition coefficient (Wildman–Crippen LogP) is 3.14. The zero-order chi connectivity index (χ0) is 25.8. The summed E-state index contributed by atoms with van der Waals surface area (Å²) in [5.74, 6) is 1.83. The highest BCUT2D eigenvalue weighted by atomic mass is 16.5. The van der Waals surface area contributed by atoms with E-state index >= 15 is 0 Å². The summed E-state index contributed by atoms with van der Waals surface area (Å²) in [6, 6.07) is 9.78. The van der Waals surface area contributed by atoms with Gasteiger partial charge in [-0.15, -0.1) is 0 Å². The van der Waals surface area contributed by atoms with E-state index in [1.165, 1.54) is 12.8 Å². The fourth-order valence-electron chi connectivity index (χ4n) is 4.68. The van der Waals surface area contributed by atoms with Crippen molar-refractivity contribution in [1.29, 1.82) is 0 Å². The van der Waals surface area contributed by atoms with Gasteiger partial charge in [0.1, 0.15) is 23.1 Å². The van der Waals surface area contributed by atoms with E-state index in [1.54, 1.807) is 31.3 Å². The number of nitrogens with one attached hydrogen (secondary N) is 1. The first-order valence-electron chi connectivity index (χ1n) is 12.3. The molecule has 0 spiro atoms. The van der Waals surface area contributed by atoms with Crippen LogP contribution in [0.1, 0.15) is 40.0 Å². The van der Waals surface area contributed by atoms with Crippen molar-refractivity contribution < 1.29 is 14.3 Å². The van der Waals surface area contributed by atoms with E-state index in [1.807, 2.05) is 24.4 Å². The molecule has 0 bridgehead atoms. The summed E-state index contributed by atoms with van der Waals surface area (Å²) >= 11 is 0. The van der Waals surface area contributed by atoms with Gasteiger partial charge in [0.25, 0.3) is 5.91 Å². The van der Waals surface area contributed by atoms with Crippen LogP contribution in [0.5, 0.6) is 5.75 Å². The van der Waals surface area contributed by atoms with Crippen LogP contribution in [0.2, 0.25) is 0 Å². The minimum atomic E-state index is -0.239. The van der Waals surface area contributed by atoms with E-state index in [4.69, 9.17) is 15.2 Å². The number of carbonyl (C=O) groups excluding carboxylic acids is 1. The van der Waals surface area contributed by atoms with Gasteiger partial charge < -0.3 is 25.4 Å². The second-order valence-electron chi connectivity index (χ2n) is 9.10. The Morgan fingerprint density at radius 1 is 1.14 bits per heavy atom. The number of benzene rings is 1. The molecule has 1 saturated heterocycles. The highest BCUT2D eigenvalue weighted by Crippen LogP contribution is 2.28. The van der Waals surface area contributed by atoms with Crippen molar-refractivity contribution in [1.82, 2.24) is 25.1 Å². The molecule has 0 aliphatic carbocycles. The van der Waals surface area contributed by atoms with Gasteiger partial charge in [-0.05, 0) is 48.1 Å². The van der Waals surface area contributed by atoms with Gasteiger partial charge in [0.2, 0.25) is 0 Å². The van der Waals surface area contributed by atoms with Crippen LogP contribution < -0.4 is 20.7 Å². The predicted molar refractivity (Wildman–Crippen MR) is 142 cm³/mol. The zero-order valence-corrected chi connectivity index (χ0v) is 21.1. The number of aromatic nitrogens is 4. The lowest BCUT2D eigenvalue weighted by Crippen LogP contribution is -2.24. The summed E-state index contributed by atoms with van der Waals surface area (Å²) < 4.78 is 12.6. The van der Waals surface area contributed by atoms with Gasteiger partial charge in [0.05, 0.1) is 25.8 Å². The number of fused-ring (bicyclic) bond motifs is 1. The SMILES string of the molecule is COCc1nn(Cc2ccc(N3CCCC3)nc2)cc1C(=O)NCc1cc2ccnc(N)c2cc1OC. The molecule has 4 heterocycles. The molecule has 37 heavy (non-hydrogen) atoms.